The number of piperazine rings is 1. The molecular formula is C14H24N4. The molecule has 0 aromatic rings. The van der Waals surface area contributed by atoms with E-state index in [1.165, 1.54) is 19.3 Å². The van der Waals surface area contributed by atoms with E-state index in [1.54, 1.807) is 0 Å². The Morgan fingerprint density at radius 2 is 1.89 bits per heavy atom. The predicted molar refractivity (Wildman–Crippen MR) is 74.0 cm³/mol. The summed E-state index contributed by atoms with van der Waals surface area (Å²) in [7, 11) is 0. The first-order valence-electron chi connectivity index (χ1n) is 7.23. The van der Waals surface area contributed by atoms with Crippen LogP contribution in [0.2, 0.25) is 0 Å². The number of hydrogen-bond acceptors (Lipinski definition) is 4. The number of piperidine rings is 1. The molecule has 0 spiro atoms. The zero-order valence-electron chi connectivity index (χ0n) is 11.1. The van der Waals surface area contributed by atoms with Crippen LogP contribution in [0.1, 0.15) is 19.3 Å². The number of nitrogens with zero attached hydrogens (tertiary/aromatic N) is 2. The third-order valence-electron chi connectivity index (χ3n) is 4.29. The lowest BCUT2D eigenvalue weighted by atomic mass is 10.0. The molecule has 3 aliphatic heterocycles. The zero-order valence-corrected chi connectivity index (χ0v) is 11.1. The van der Waals surface area contributed by atoms with Crippen LogP contribution in [-0.2, 0) is 0 Å². The van der Waals surface area contributed by atoms with Gasteiger partial charge in [-0.15, -0.1) is 0 Å². The van der Waals surface area contributed by atoms with Crippen molar-refractivity contribution >= 4 is 0 Å². The Morgan fingerprint density at radius 3 is 2.56 bits per heavy atom. The average molecular weight is 248 g/mol. The van der Waals surface area contributed by atoms with Crippen LogP contribution < -0.4 is 10.6 Å². The molecule has 1 atom stereocenters. The first-order valence-corrected chi connectivity index (χ1v) is 7.23. The summed E-state index contributed by atoms with van der Waals surface area (Å²) in [5.41, 5.74) is 0. The maximum absolute atomic E-state index is 3.81. The minimum atomic E-state index is 0.0572. The number of allylic oxidation sites excluding steroid dienone is 2. The molecule has 2 fully saturated rings. The lowest BCUT2D eigenvalue weighted by Crippen LogP contribution is -2.71. The molecule has 2 saturated heterocycles. The number of hydrogen-bond donors (Lipinski definition) is 2. The van der Waals surface area contributed by atoms with Crippen molar-refractivity contribution < 1.29 is 0 Å². The van der Waals surface area contributed by atoms with Gasteiger partial charge in [-0.05, 0) is 31.9 Å². The molecule has 0 aromatic heterocycles. The van der Waals surface area contributed by atoms with Gasteiger partial charge in [0.05, 0.1) is 0 Å². The summed E-state index contributed by atoms with van der Waals surface area (Å²) in [6.45, 7) is 6.65. The van der Waals surface area contributed by atoms with Crippen molar-refractivity contribution in [3.8, 4) is 0 Å². The van der Waals surface area contributed by atoms with Gasteiger partial charge in [0.2, 0.25) is 0 Å². The Kier molecular flexibility index (Phi) is 3.68. The highest BCUT2D eigenvalue weighted by molar-refractivity contribution is 5.12. The van der Waals surface area contributed by atoms with Crippen molar-refractivity contribution in [1.82, 2.24) is 20.4 Å². The van der Waals surface area contributed by atoms with Crippen molar-refractivity contribution in [2.75, 3.05) is 39.3 Å². The molecule has 3 aliphatic rings. The molecule has 0 amide bonds. The summed E-state index contributed by atoms with van der Waals surface area (Å²) in [6, 6.07) is 0. The van der Waals surface area contributed by atoms with E-state index in [2.05, 4.69) is 44.9 Å². The largest absolute Gasteiger partial charge is 0.344 e. The quantitative estimate of drug-likeness (QED) is 0.753. The molecule has 0 bridgehead atoms. The van der Waals surface area contributed by atoms with Crippen LogP contribution in [0, 0.1) is 0 Å². The molecule has 1 unspecified atom stereocenters. The SMILES string of the molecule is C1=CCN(C2(N3CCNCC3)CCCCN2)C=C1. The molecule has 100 valence electrons. The summed E-state index contributed by atoms with van der Waals surface area (Å²) in [5, 5.41) is 7.26. The van der Waals surface area contributed by atoms with Gasteiger partial charge in [0.25, 0.3) is 0 Å². The second-order valence-corrected chi connectivity index (χ2v) is 5.36. The van der Waals surface area contributed by atoms with Crippen LogP contribution in [0.3, 0.4) is 0 Å². The monoisotopic (exact) mass is 248 g/mol. The Morgan fingerprint density at radius 1 is 1.00 bits per heavy atom. The second kappa shape index (κ2) is 5.43. The summed E-state index contributed by atoms with van der Waals surface area (Å²) in [4.78, 5) is 5.11. The average Bonchev–Trinajstić information content (AvgIpc) is 2.50. The summed E-state index contributed by atoms with van der Waals surface area (Å²) >= 11 is 0. The van der Waals surface area contributed by atoms with E-state index < -0.39 is 0 Å². The van der Waals surface area contributed by atoms with Crippen molar-refractivity contribution in [3.63, 3.8) is 0 Å². The third kappa shape index (κ3) is 2.20. The van der Waals surface area contributed by atoms with Gasteiger partial charge in [-0.25, -0.2) is 0 Å². The summed E-state index contributed by atoms with van der Waals surface area (Å²) in [5.74, 6) is 0.0572. The van der Waals surface area contributed by atoms with Gasteiger partial charge in [-0.2, -0.15) is 0 Å². The van der Waals surface area contributed by atoms with Crippen LogP contribution >= 0.6 is 0 Å². The minimum absolute atomic E-state index is 0.0572. The van der Waals surface area contributed by atoms with Crippen molar-refractivity contribution in [2.24, 2.45) is 0 Å². The summed E-state index contributed by atoms with van der Waals surface area (Å²) in [6.07, 6.45) is 12.7. The minimum Gasteiger partial charge on any atom is -0.344 e. The van der Waals surface area contributed by atoms with Crippen LogP contribution in [0.25, 0.3) is 0 Å². The maximum atomic E-state index is 3.81. The molecule has 4 heteroatoms. The molecule has 2 N–H and O–H groups in total. The fraction of sp³-hybridized carbons (Fsp3) is 0.714. The Bertz CT molecular complexity index is 325. The first kappa shape index (κ1) is 12.2. The lowest BCUT2D eigenvalue weighted by molar-refractivity contribution is -0.0799. The standard InChI is InChI=1S/C14H24N4/c1-4-10-17(11-5-1)14(6-2-3-7-16-14)18-12-8-15-9-13-18/h1,4-5,10,15-16H,2-3,6-9,11-13H2. The van der Waals surface area contributed by atoms with E-state index >= 15 is 0 Å². The van der Waals surface area contributed by atoms with Gasteiger partial charge >= 0.3 is 0 Å². The third-order valence-corrected chi connectivity index (χ3v) is 4.29. The van der Waals surface area contributed by atoms with Gasteiger partial charge < -0.3 is 10.2 Å². The summed E-state index contributed by atoms with van der Waals surface area (Å²) < 4.78 is 0. The van der Waals surface area contributed by atoms with E-state index in [9.17, 15) is 0 Å². The molecule has 18 heavy (non-hydrogen) atoms. The van der Waals surface area contributed by atoms with Crippen molar-refractivity contribution in [2.45, 2.75) is 25.0 Å². The van der Waals surface area contributed by atoms with Crippen LogP contribution in [0.4, 0.5) is 0 Å². The van der Waals surface area contributed by atoms with Crippen LogP contribution in [-0.4, -0.2) is 54.9 Å². The molecular weight excluding hydrogens is 224 g/mol. The second-order valence-electron chi connectivity index (χ2n) is 5.36. The molecule has 0 radical (unpaired) electrons. The van der Waals surface area contributed by atoms with Gasteiger partial charge in [-0.1, -0.05) is 12.2 Å². The Balaban J connectivity index is 1.82. The highest BCUT2D eigenvalue weighted by Crippen LogP contribution is 2.29. The predicted octanol–water partition coefficient (Wildman–Crippen LogP) is 0.704. The van der Waals surface area contributed by atoms with Gasteiger partial charge in [0.1, 0.15) is 5.79 Å². The maximum Gasteiger partial charge on any atom is 0.148 e. The smallest absolute Gasteiger partial charge is 0.148 e. The van der Waals surface area contributed by atoms with Crippen LogP contribution in [0.15, 0.2) is 24.4 Å². The van der Waals surface area contributed by atoms with Crippen molar-refractivity contribution in [1.29, 1.82) is 0 Å². The van der Waals surface area contributed by atoms with Gasteiger partial charge in [0, 0.05) is 38.9 Å². The van der Waals surface area contributed by atoms with E-state index in [0.29, 0.717) is 0 Å². The van der Waals surface area contributed by atoms with E-state index in [4.69, 9.17) is 0 Å². The van der Waals surface area contributed by atoms with Crippen LogP contribution in [0.5, 0.6) is 0 Å². The van der Waals surface area contributed by atoms with Gasteiger partial charge in [-0.3, -0.25) is 10.2 Å². The van der Waals surface area contributed by atoms with E-state index in [1.807, 2.05) is 0 Å². The topological polar surface area (TPSA) is 30.5 Å². The molecule has 4 nitrogen and oxygen atoms in total. The fourth-order valence-electron chi connectivity index (χ4n) is 3.35. The number of nitrogens with one attached hydrogen (secondary N) is 2. The lowest BCUT2D eigenvalue weighted by Gasteiger charge is -2.54. The highest BCUT2D eigenvalue weighted by atomic mass is 15.5. The fourth-order valence-corrected chi connectivity index (χ4v) is 3.35. The highest BCUT2D eigenvalue weighted by Gasteiger charge is 2.42. The Hall–Kier alpha value is -0.840. The molecule has 3 rings (SSSR count). The zero-order chi connectivity index (χ0) is 12.3. The van der Waals surface area contributed by atoms with Gasteiger partial charge in [0.15, 0.2) is 0 Å². The molecule has 0 aromatic carbocycles. The van der Waals surface area contributed by atoms with E-state index in [0.717, 1.165) is 39.3 Å². The Labute approximate surface area is 110 Å². The molecule has 3 heterocycles. The first-order chi connectivity index (χ1) is 8.92. The number of rotatable bonds is 2. The normalized spacial score (nSPS) is 33.9. The van der Waals surface area contributed by atoms with E-state index in [-0.39, 0.29) is 5.79 Å². The van der Waals surface area contributed by atoms with Crippen molar-refractivity contribution in [3.05, 3.63) is 24.4 Å². The molecule has 0 saturated carbocycles. The molecule has 0 aliphatic carbocycles.